The summed E-state index contributed by atoms with van der Waals surface area (Å²) >= 11 is 5.80. The molecule has 0 saturated heterocycles. The summed E-state index contributed by atoms with van der Waals surface area (Å²) in [5.74, 6) is -0.322. The first-order chi connectivity index (χ1) is 7.95. The first-order valence-corrected chi connectivity index (χ1v) is 4.79. The van der Waals surface area contributed by atoms with Crippen LogP contribution in [0.5, 0.6) is 11.5 Å². The lowest BCUT2D eigenvalue weighted by atomic mass is 10.2. The minimum absolute atomic E-state index is 0.0662. The number of phenols is 1. The predicted molar refractivity (Wildman–Crippen MR) is 64.5 cm³/mol. The van der Waals surface area contributed by atoms with Gasteiger partial charge >= 0.3 is 6.03 Å². The van der Waals surface area contributed by atoms with Crippen molar-refractivity contribution in [3.05, 3.63) is 17.2 Å². The Hall–Kier alpha value is -2.15. The van der Waals surface area contributed by atoms with Crippen molar-refractivity contribution < 1.29 is 14.6 Å². The van der Waals surface area contributed by atoms with E-state index in [1.54, 1.807) is 0 Å². The Bertz CT molecular complexity index is 472. The number of halogens is 1. The van der Waals surface area contributed by atoms with Gasteiger partial charge in [-0.15, -0.1) is 0 Å². The molecule has 8 heteroatoms. The maximum Gasteiger partial charge on any atom is 0.348 e. The van der Waals surface area contributed by atoms with Crippen LogP contribution in [0.2, 0.25) is 5.02 Å². The Morgan fingerprint density at radius 3 is 2.71 bits per heavy atom. The number of ether oxygens (including phenoxy) is 1. The lowest BCUT2D eigenvalue weighted by Gasteiger charge is -2.11. The smallest absolute Gasteiger partial charge is 0.348 e. The number of nitrogens with zero attached hydrogens (tertiary/aromatic N) is 1. The van der Waals surface area contributed by atoms with Crippen LogP contribution in [0.25, 0.3) is 0 Å². The minimum Gasteiger partial charge on any atom is -0.506 e. The fourth-order valence-electron chi connectivity index (χ4n) is 1.09. The van der Waals surface area contributed by atoms with Gasteiger partial charge in [-0.1, -0.05) is 11.6 Å². The highest BCUT2D eigenvalue weighted by Crippen LogP contribution is 2.38. The van der Waals surface area contributed by atoms with Gasteiger partial charge in [0.1, 0.15) is 22.2 Å². The van der Waals surface area contributed by atoms with Crippen LogP contribution in [0.15, 0.2) is 17.1 Å². The van der Waals surface area contributed by atoms with Crippen LogP contribution in [0.1, 0.15) is 0 Å². The number of aliphatic imine (C=N–C) groups is 1. The van der Waals surface area contributed by atoms with E-state index in [-0.39, 0.29) is 22.2 Å². The number of benzene rings is 1. The van der Waals surface area contributed by atoms with Crippen molar-refractivity contribution in [1.29, 1.82) is 0 Å². The van der Waals surface area contributed by atoms with E-state index >= 15 is 0 Å². The third-order valence-corrected chi connectivity index (χ3v) is 2.15. The van der Waals surface area contributed by atoms with Crippen molar-refractivity contribution >= 4 is 29.3 Å². The Labute approximate surface area is 102 Å². The number of carbonyl (C=O) groups is 1. The van der Waals surface area contributed by atoms with Crippen LogP contribution in [0.4, 0.5) is 10.5 Å². The van der Waals surface area contributed by atoms with E-state index in [4.69, 9.17) is 27.8 Å². The van der Waals surface area contributed by atoms with E-state index in [1.165, 1.54) is 19.2 Å². The Morgan fingerprint density at radius 2 is 2.18 bits per heavy atom. The van der Waals surface area contributed by atoms with E-state index < -0.39 is 12.0 Å². The maximum absolute atomic E-state index is 11.3. The number of phenolic OH excluding ortho intramolecular Hbond substituents is 1. The quantitative estimate of drug-likeness (QED) is 0.463. The normalized spacial score (nSPS) is 9.53. The van der Waals surface area contributed by atoms with Crippen LogP contribution in [0.3, 0.4) is 0 Å². The Morgan fingerprint density at radius 1 is 1.53 bits per heavy atom. The van der Waals surface area contributed by atoms with Gasteiger partial charge in [0.05, 0.1) is 7.11 Å². The zero-order chi connectivity index (χ0) is 13.0. The maximum atomic E-state index is 11.3. The number of hydrogen-bond donors (Lipinski definition) is 4. The van der Waals surface area contributed by atoms with Gasteiger partial charge in [-0.2, -0.15) is 4.99 Å². The first-order valence-electron chi connectivity index (χ1n) is 4.41. The first kappa shape index (κ1) is 12.9. The standard InChI is InChI=1S/C9H11ClN4O3/c1-17-5-3-2-4(15)6(10)7(5)13-9(16)14-8(11)12/h2-3,15H,1H3,(H5,11,12,13,14,16). The number of aromatic hydroxyl groups is 1. The van der Waals surface area contributed by atoms with Gasteiger partial charge in [0.15, 0.2) is 5.96 Å². The van der Waals surface area contributed by atoms with Crippen molar-refractivity contribution in [3.8, 4) is 11.5 Å². The molecule has 7 nitrogen and oxygen atoms in total. The third-order valence-electron chi connectivity index (χ3n) is 1.77. The summed E-state index contributed by atoms with van der Waals surface area (Å²) in [5.41, 5.74) is 10.2. The molecule has 0 spiro atoms. The van der Waals surface area contributed by atoms with Gasteiger partial charge in [0.25, 0.3) is 0 Å². The van der Waals surface area contributed by atoms with E-state index in [1.807, 2.05) is 0 Å². The number of urea groups is 1. The number of amides is 2. The molecule has 0 saturated carbocycles. The van der Waals surface area contributed by atoms with Crippen LogP contribution in [0, 0.1) is 0 Å². The van der Waals surface area contributed by atoms with Gasteiger partial charge in [-0.25, -0.2) is 4.79 Å². The third kappa shape index (κ3) is 3.15. The summed E-state index contributed by atoms with van der Waals surface area (Å²) in [4.78, 5) is 14.5. The lowest BCUT2D eigenvalue weighted by Crippen LogP contribution is -2.25. The van der Waals surface area contributed by atoms with Crippen LogP contribution in [-0.2, 0) is 0 Å². The minimum atomic E-state index is -0.823. The van der Waals surface area contributed by atoms with E-state index in [0.29, 0.717) is 0 Å². The average Bonchev–Trinajstić information content (AvgIpc) is 2.24. The summed E-state index contributed by atoms with van der Waals surface area (Å²) in [6.07, 6.45) is 0. The van der Waals surface area contributed by atoms with Crippen LogP contribution in [-0.4, -0.2) is 24.2 Å². The topological polar surface area (TPSA) is 123 Å². The second-order valence-corrected chi connectivity index (χ2v) is 3.32. The molecular formula is C9H11ClN4O3. The number of rotatable bonds is 2. The number of guanidine groups is 1. The highest BCUT2D eigenvalue weighted by Gasteiger charge is 2.14. The van der Waals surface area contributed by atoms with Crippen molar-refractivity contribution in [2.24, 2.45) is 16.5 Å². The Balaban J connectivity index is 3.08. The number of nitrogens with one attached hydrogen (secondary N) is 1. The number of hydrogen-bond acceptors (Lipinski definition) is 3. The van der Waals surface area contributed by atoms with Crippen molar-refractivity contribution in [1.82, 2.24) is 0 Å². The molecule has 0 bridgehead atoms. The summed E-state index contributed by atoms with van der Waals surface area (Å²) in [7, 11) is 1.39. The number of anilines is 1. The molecule has 0 atom stereocenters. The molecule has 0 aromatic heterocycles. The monoisotopic (exact) mass is 258 g/mol. The van der Waals surface area contributed by atoms with Crippen LogP contribution < -0.4 is 21.5 Å². The van der Waals surface area contributed by atoms with Crippen molar-refractivity contribution in [2.45, 2.75) is 0 Å². The van der Waals surface area contributed by atoms with Gasteiger partial charge in [0, 0.05) is 0 Å². The molecule has 1 aromatic rings. The highest BCUT2D eigenvalue weighted by atomic mass is 35.5. The molecule has 0 radical (unpaired) electrons. The molecule has 0 aliphatic heterocycles. The van der Waals surface area contributed by atoms with Crippen LogP contribution >= 0.6 is 11.6 Å². The summed E-state index contributed by atoms with van der Waals surface area (Å²) < 4.78 is 4.97. The molecule has 2 amide bonds. The molecule has 6 N–H and O–H groups in total. The van der Waals surface area contributed by atoms with Gasteiger partial charge in [-0.05, 0) is 12.1 Å². The van der Waals surface area contributed by atoms with E-state index in [0.717, 1.165) is 0 Å². The fraction of sp³-hybridized carbons (Fsp3) is 0.111. The summed E-state index contributed by atoms with van der Waals surface area (Å²) in [6, 6.07) is 1.94. The average molecular weight is 259 g/mol. The largest absolute Gasteiger partial charge is 0.506 e. The summed E-state index contributed by atoms with van der Waals surface area (Å²) in [6.45, 7) is 0. The zero-order valence-corrected chi connectivity index (χ0v) is 9.65. The van der Waals surface area contributed by atoms with Crippen molar-refractivity contribution in [3.63, 3.8) is 0 Å². The van der Waals surface area contributed by atoms with Gasteiger partial charge in [-0.3, -0.25) is 0 Å². The number of carbonyl (C=O) groups excluding carboxylic acids is 1. The van der Waals surface area contributed by atoms with E-state index in [9.17, 15) is 9.90 Å². The molecule has 0 fully saturated rings. The summed E-state index contributed by atoms with van der Waals surface area (Å²) in [5, 5.41) is 11.6. The molecule has 1 rings (SSSR count). The van der Waals surface area contributed by atoms with Gasteiger partial charge < -0.3 is 26.6 Å². The molecule has 1 aromatic carbocycles. The molecule has 0 aliphatic rings. The molecule has 0 heterocycles. The Kier molecular flexibility index (Phi) is 4.00. The molecule has 17 heavy (non-hydrogen) atoms. The molecule has 92 valence electrons. The fourth-order valence-corrected chi connectivity index (χ4v) is 1.29. The lowest BCUT2D eigenvalue weighted by molar-refractivity contribution is 0.259. The van der Waals surface area contributed by atoms with E-state index in [2.05, 4.69) is 10.3 Å². The van der Waals surface area contributed by atoms with Gasteiger partial charge in [0.2, 0.25) is 0 Å². The second kappa shape index (κ2) is 5.26. The molecule has 0 unspecified atom stereocenters. The predicted octanol–water partition coefficient (Wildman–Crippen LogP) is 0.860. The zero-order valence-electron chi connectivity index (χ0n) is 8.90. The SMILES string of the molecule is COc1ccc(O)c(Cl)c1NC(=O)N=C(N)N. The van der Waals surface area contributed by atoms with Crippen molar-refractivity contribution in [2.75, 3.05) is 12.4 Å². The second-order valence-electron chi connectivity index (χ2n) is 2.94. The molecule has 0 aliphatic carbocycles. The highest BCUT2D eigenvalue weighted by molar-refractivity contribution is 6.35. The number of methoxy groups -OCH3 is 1. The number of nitrogens with two attached hydrogens (primary N) is 2. The molecular weight excluding hydrogens is 248 g/mol.